The van der Waals surface area contributed by atoms with Crippen LogP contribution in [0, 0.1) is 17.7 Å². The number of likely N-dealkylation sites (N-methyl/N-ethyl adjacent to an activating group) is 1. The maximum atomic E-state index is 13.8. The van der Waals surface area contributed by atoms with Crippen molar-refractivity contribution in [1.82, 2.24) is 9.62 Å². The Morgan fingerprint density at radius 3 is 2.62 bits per heavy atom. The van der Waals surface area contributed by atoms with Crippen molar-refractivity contribution in [2.45, 2.75) is 17.9 Å². The van der Waals surface area contributed by atoms with E-state index in [0.717, 1.165) is 6.07 Å². The molecule has 1 unspecified atom stereocenters. The van der Waals surface area contributed by atoms with Gasteiger partial charge >= 0.3 is 0 Å². The fraction of sp³-hybridized carbons (Fsp3) is 0.429. The van der Waals surface area contributed by atoms with Gasteiger partial charge in [-0.1, -0.05) is 11.8 Å². The lowest BCUT2D eigenvalue weighted by Crippen LogP contribution is -2.39. The number of aliphatic hydroxyl groups excluding tert-OH is 1. The molecule has 0 aromatic heterocycles. The van der Waals surface area contributed by atoms with Crippen molar-refractivity contribution in [1.29, 1.82) is 0 Å². The molecule has 0 heterocycles. The molecule has 0 bridgehead atoms. The molecule has 0 saturated heterocycles. The summed E-state index contributed by atoms with van der Waals surface area (Å²) >= 11 is 0. The third kappa shape index (κ3) is 5.44. The highest BCUT2D eigenvalue weighted by atomic mass is 32.2. The van der Waals surface area contributed by atoms with Crippen LogP contribution in [0.25, 0.3) is 0 Å². The molecule has 5 nitrogen and oxygen atoms in total. The van der Waals surface area contributed by atoms with E-state index < -0.39 is 15.8 Å². The van der Waals surface area contributed by atoms with E-state index in [0.29, 0.717) is 6.54 Å². The van der Waals surface area contributed by atoms with Crippen molar-refractivity contribution >= 4 is 10.0 Å². The molecule has 1 atom stereocenters. The molecule has 0 aliphatic carbocycles. The van der Waals surface area contributed by atoms with Gasteiger partial charge in [-0.25, -0.2) is 17.5 Å². The lowest BCUT2D eigenvalue weighted by Gasteiger charge is -2.18. The third-order valence-corrected chi connectivity index (χ3v) is 4.14. The van der Waals surface area contributed by atoms with Crippen LogP contribution >= 0.6 is 0 Å². The number of halogens is 1. The Kier molecular flexibility index (Phi) is 6.30. The van der Waals surface area contributed by atoms with Crippen LogP contribution in [0.2, 0.25) is 0 Å². The normalized spacial score (nSPS) is 12.9. The molecule has 0 fully saturated rings. The van der Waals surface area contributed by atoms with E-state index in [-0.39, 0.29) is 23.1 Å². The fourth-order valence-corrected chi connectivity index (χ4v) is 3.06. The van der Waals surface area contributed by atoms with Gasteiger partial charge in [0.05, 0.1) is 10.5 Å². The standard InChI is InChI=1S/C14H19FN2O3S/c1-11(10-17(2)3)16-21(19,20)13-7-6-12(5-4-8-18)14(15)9-13/h6-7,9,11,16,18H,8,10H2,1-3H3. The highest BCUT2D eigenvalue weighted by Crippen LogP contribution is 2.14. The third-order valence-electron chi connectivity index (χ3n) is 2.55. The van der Waals surface area contributed by atoms with E-state index in [2.05, 4.69) is 16.6 Å². The van der Waals surface area contributed by atoms with E-state index in [1.807, 2.05) is 19.0 Å². The molecule has 1 aromatic carbocycles. The van der Waals surface area contributed by atoms with E-state index >= 15 is 0 Å². The van der Waals surface area contributed by atoms with Gasteiger partial charge < -0.3 is 10.0 Å². The second-order valence-corrected chi connectivity index (χ2v) is 6.60. The van der Waals surface area contributed by atoms with Gasteiger partial charge in [0, 0.05) is 12.6 Å². The van der Waals surface area contributed by atoms with Crippen LogP contribution < -0.4 is 4.72 Å². The fourth-order valence-electron chi connectivity index (χ4n) is 1.82. The molecule has 0 aliphatic rings. The Bertz CT molecular complexity index is 648. The van der Waals surface area contributed by atoms with E-state index in [4.69, 9.17) is 5.11 Å². The lowest BCUT2D eigenvalue weighted by atomic mass is 10.2. The molecule has 2 N–H and O–H groups in total. The highest BCUT2D eigenvalue weighted by Gasteiger charge is 2.19. The summed E-state index contributed by atoms with van der Waals surface area (Å²) < 4.78 is 40.5. The second kappa shape index (κ2) is 7.52. The van der Waals surface area contributed by atoms with Crippen LogP contribution in [0.4, 0.5) is 4.39 Å². The quantitative estimate of drug-likeness (QED) is 0.772. The number of hydrogen-bond donors (Lipinski definition) is 2. The average molecular weight is 314 g/mol. The SMILES string of the molecule is CC(CN(C)C)NS(=O)(=O)c1ccc(C#CCO)c(F)c1. The summed E-state index contributed by atoms with van der Waals surface area (Å²) in [5.74, 6) is 3.99. The van der Waals surface area contributed by atoms with Crippen molar-refractivity contribution in [3.63, 3.8) is 0 Å². The Balaban J connectivity index is 2.97. The number of benzene rings is 1. The number of sulfonamides is 1. The van der Waals surface area contributed by atoms with Gasteiger partial charge in [-0.05, 0) is 39.2 Å². The molecule has 0 radical (unpaired) electrons. The summed E-state index contributed by atoms with van der Waals surface area (Å²) in [4.78, 5) is 1.70. The molecule has 21 heavy (non-hydrogen) atoms. The van der Waals surface area contributed by atoms with Crippen LogP contribution in [0.5, 0.6) is 0 Å². The zero-order valence-electron chi connectivity index (χ0n) is 12.2. The molecule has 0 saturated carbocycles. The monoisotopic (exact) mass is 314 g/mol. The maximum Gasteiger partial charge on any atom is 0.240 e. The number of aliphatic hydroxyl groups is 1. The predicted octanol–water partition coefficient (Wildman–Crippen LogP) is 0.398. The minimum absolute atomic E-state index is 0.0457. The smallest absolute Gasteiger partial charge is 0.240 e. The number of rotatable bonds is 5. The van der Waals surface area contributed by atoms with Gasteiger partial charge in [0.25, 0.3) is 0 Å². The van der Waals surface area contributed by atoms with E-state index in [9.17, 15) is 12.8 Å². The first-order chi connectivity index (χ1) is 9.76. The van der Waals surface area contributed by atoms with Gasteiger partial charge in [-0.2, -0.15) is 0 Å². The topological polar surface area (TPSA) is 69.6 Å². The molecule has 7 heteroatoms. The molecular weight excluding hydrogens is 295 g/mol. The van der Waals surface area contributed by atoms with E-state index in [1.165, 1.54) is 12.1 Å². The molecular formula is C14H19FN2O3S. The summed E-state index contributed by atoms with van der Waals surface area (Å²) in [6.07, 6.45) is 0. The maximum absolute atomic E-state index is 13.8. The zero-order chi connectivity index (χ0) is 16.0. The van der Waals surface area contributed by atoms with Gasteiger partial charge in [-0.15, -0.1) is 0 Å². The summed E-state index contributed by atoms with van der Waals surface area (Å²) in [6.45, 7) is 1.87. The summed E-state index contributed by atoms with van der Waals surface area (Å²) in [5, 5.41) is 8.57. The largest absolute Gasteiger partial charge is 0.384 e. The first kappa shape index (κ1) is 17.6. The Hall–Kier alpha value is -1.46. The molecule has 1 aromatic rings. The number of nitrogens with zero attached hydrogens (tertiary/aromatic N) is 1. The molecule has 1 rings (SSSR count). The highest BCUT2D eigenvalue weighted by molar-refractivity contribution is 7.89. The summed E-state index contributed by atoms with van der Waals surface area (Å²) in [7, 11) is -0.114. The predicted molar refractivity (Wildman–Crippen MR) is 78.7 cm³/mol. The first-order valence-corrected chi connectivity index (χ1v) is 7.81. The van der Waals surface area contributed by atoms with Crippen molar-refractivity contribution in [3.05, 3.63) is 29.6 Å². The minimum atomic E-state index is -3.78. The van der Waals surface area contributed by atoms with Crippen molar-refractivity contribution in [2.75, 3.05) is 27.2 Å². The molecule has 116 valence electrons. The average Bonchev–Trinajstić information content (AvgIpc) is 2.35. The van der Waals surface area contributed by atoms with Crippen LogP contribution in [0.1, 0.15) is 12.5 Å². The summed E-state index contributed by atoms with van der Waals surface area (Å²) in [6, 6.07) is 3.19. The first-order valence-electron chi connectivity index (χ1n) is 6.32. The number of hydrogen-bond acceptors (Lipinski definition) is 4. The van der Waals surface area contributed by atoms with Crippen LogP contribution in [0.3, 0.4) is 0 Å². The van der Waals surface area contributed by atoms with Crippen molar-refractivity contribution in [2.24, 2.45) is 0 Å². The lowest BCUT2D eigenvalue weighted by molar-refractivity contribution is 0.350. The Morgan fingerprint density at radius 1 is 1.43 bits per heavy atom. The zero-order valence-corrected chi connectivity index (χ0v) is 13.0. The van der Waals surface area contributed by atoms with E-state index in [1.54, 1.807) is 6.92 Å². The second-order valence-electron chi connectivity index (χ2n) is 4.89. The molecule has 0 amide bonds. The van der Waals surface area contributed by atoms with Crippen LogP contribution in [0.15, 0.2) is 23.1 Å². The molecule has 0 spiro atoms. The van der Waals surface area contributed by atoms with Gasteiger partial charge in [0.2, 0.25) is 10.0 Å². The van der Waals surface area contributed by atoms with Crippen molar-refractivity contribution in [3.8, 4) is 11.8 Å². The van der Waals surface area contributed by atoms with Crippen LogP contribution in [-0.2, 0) is 10.0 Å². The Morgan fingerprint density at radius 2 is 2.10 bits per heavy atom. The summed E-state index contributed by atoms with van der Waals surface area (Å²) in [5.41, 5.74) is 0.0457. The van der Waals surface area contributed by atoms with Gasteiger partial charge in [-0.3, -0.25) is 0 Å². The van der Waals surface area contributed by atoms with Crippen LogP contribution in [-0.4, -0.2) is 51.7 Å². The van der Waals surface area contributed by atoms with Gasteiger partial charge in [0.1, 0.15) is 12.4 Å². The van der Waals surface area contributed by atoms with Gasteiger partial charge in [0.15, 0.2) is 0 Å². The van der Waals surface area contributed by atoms with Crippen molar-refractivity contribution < 1.29 is 17.9 Å². The molecule has 0 aliphatic heterocycles. The number of nitrogens with one attached hydrogen (secondary N) is 1. The minimum Gasteiger partial charge on any atom is -0.384 e. The Labute approximate surface area is 124 Å².